The number of rotatable bonds is 3. The van der Waals surface area contributed by atoms with Gasteiger partial charge in [-0.25, -0.2) is 0 Å². The van der Waals surface area contributed by atoms with Crippen molar-refractivity contribution >= 4 is 40.5 Å². The van der Waals surface area contributed by atoms with Crippen LogP contribution in [0.3, 0.4) is 0 Å². The molecular formula is C23H15OP. The molecule has 0 saturated carbocycles. The summed E-state index contributed by atoms with van der Waals surface area (Å²) in [5.41, 5.74) is 5.36. The summed E-state index contributed by atoms with van der Waals surface area (Å²) in [6.07, 6.45) is 6.22. The van der Waals surface area contributed by atoms with Crippen molar-refractivity contribution in [2.75, 3.05) is 0 Å². The van der Waals surface area contributed by atoms with Gasteiger partial charge in [-0.3, -0.25) is 0 Å². The number of allylic oxidation sites excluding steroid dienone is 3. The van der Waals surface area contributed by atoms with E-state index in [1.165, 1.54) is 26.7 Å². The van der Waals surface area contributed by atoms with Crippen LogP contribution in [0.4, 0.5) is 0 Å². The third-order valence-corrected chi connectivity index (χ3v) is 6.87. The summed E-state index contributed by atoms with van der Waals surface area (Å²) in [5.74, 6) is 0. The maximum Gasteiger partial charge on any atom is 0.143 e. The fourth-order valence-electron chi connectivity index (χ4n) is 3.35. The zero-order chi connectivity index (χ0) is 16.6. The number of para-hydroxylation sites is 2. The van der Waals surface area contributed by atoms with E-state index in [-0.39, 0.29) is 0 Å². The summed E-state index contributed by atoms with van der Waals surface area (Å²) >= 11 is 0. The Kier molecular flexibility index (Phi) is 3.42. The Morgan fingerprint density at radius 2 is 1.56 bits per heavy atom. The average molecular weight is 338 g/mol. The predicted octanol–water partition coefficient (Wildman–Crippen LogP) is 5.63. The Labute approximate surface area is 147 Å². The Bertz CT molecular complexity index is 1170. The van der Waals surface area contributed by atoms with Gasteiger partial charge in [0.05, 0.1) is 0 Å². The van der Waals surface area contributed by atoms with Crippen LogP contribution in [0.15, 0.2) is 106 Å². The Balaban J connectivity index is 1.82. The largest absolute Gasteiger partial charge is 0.455 e. The van der Waals surface area contributed by atoms with Gasteiger partial charge in [0.2, 0.25) is 0 Å². The monoisotopic (exact) mass is 338 g/mol. The van der Waals surface area contributed by atoms with Gasteiger partial charge in [-0.05, 0) is 31.4 Å². The normalized spacial score (nSPS) is 14.3. The lowest BCUT2D eigenvalue weighted by Crippen LogP contribution is -2.12. The molecule has 5 rings (SSSR count). The van der Waals surface area contributed by atoms with Gasteiger partial charge in [-0.15, -0.1) is 5.73 Å². The third kappa shape index (κ3) is 2.37. The van der Waals surface area contributed by atoms with E-state index in [2.05, 4.69) is 78.5 Å². The molecule has 0 aliphatic heterocycles. The van der Waals surface area contributed by atoms with Crippen LogP contribution in [0.1, 0.15) is 0 Å². The summed E-state index contributed by atoms with van der Waals surface area (Å²) in [7, 11) is -0.695. The first-order valence-corrected chi connectivity index (χ1v) is 9.65. The van der Waals surface area contributed by atoms with Gasteiger partial charge >= 0.3 is 0 Å². The van der Waals surface area contributed by atoms with Gasteiger partial charge in [0.1, 0.15) is 11.2 Å². The van der Waals surface area contributed by atoms with E-state index >= 15 is 0 Å². The van der Waals surface area contributed by atoms with Crippen molar-refractivity contribution in [1.82, 2.24) is 0 Å². The minimum atomic E-state index is -0.695. The second-order valence-corrected chi connectivity index (χ2v) is 8.13. The predicted molar refractivity (Wildman–Crippen MR) is 107 cm³/mol. The second-order valence-electron chi connectivity index (χ2n) is 5.98. The molecule has 1 heterocycles. The van der Waals surface area contributed by atoms with Crippen LogP contribution in [-0.2, 0) is 0 Å². The first-order valence-electron chi connectivity index (χ1n) is 8.31. The summed E-state index contributed by atoms with van der Waals surface area (Å²) in [4.78, 5) is 0. The van der Waals surface area contributed by atoms with E-state index < -0.39 is 7.92 Å². The second kappa shape index (κ2) is 5.90. The van der Waals surface area contributed by atoms with Gasteiger partial charge in [-0.2, -0.15) is 0 Å². The molecule has 0 spiro atoms. The lowest BCUT2D eigenvalue weighted by molar-refractivity contribution is 0.671. The van der Waals surface area contributed by atoms with Gasteiger partial charge in [-0.1, -0.05) is 72.8 Å². The maximum atomic E-state index is 6.29. The Hall–Kier alpha value is -2.85. The fourth-order valence-corrected chi connectivity index (χ4v) is 5.68. The topological polar surface area (TPSA) is 13.1 Å². The number of benzene rings is 3. The van der Waals surface area contributed by atoms with E-state index in [0.29, 0.717) is 0 Å². The maximum absolute atomic E-state index is 6.29. The highest BCUT2D eigenvalue weighted by Gasteiger charge is 2.22. The van der Waals surface area contributed by atoms with Gasteiger partial charge in [0, 0.05) is 21.4 Å². The van der Waals surface area contributed by atoms with Crippen molar-refractivity contribution in [2.45, 2.75) is 0 Å². The molecule has 3 aromatic carbocycles. The molecule has 0 saturated heterocycles. The van der Waals surface area contributed by atoms with E-state index in [4.69, 9.17) is 4.42 Å². The fraction of sp³-hybridized carbons (Fsp3) is 0. The van der Waals surface area contributed by atoms with E-state index in [9.17, 15) is 0 Å². The third-order valence-electron chi connectivity index (χ3n) is 4.46. The number of hydrogen-bond donors (Lipinski definition) is 0. The lowest BCUT2D eigenvalue weighted by Gasteiger charge is -2.18. The van der Waals surface area contributed by atoms with Crippen molar-refractivity contribution in [3.05, 3.63) is 102 Å². The molecule has 0 bridgehead atoms. The van der Waals surface area contributed by atoms with Crippen molar-refractivity contribution in [1.29, 1.82) is 0 Å². The SMILES string of the molecule is C1=CC=CC=1P(c1ccccc1)c1cccc2c1oc1ccccc12. The smallest absolute Gasteiger partial charge is 0.143 e. The molecule has 0 amide bonds. The van der Waals surface area contributed by atoms with Crippen molar-refractivity contribution < 1.29 is 4.42 Å². The summed E-state index contributed by atoms with van der Waals surface area (Å²) in [5, 5.41) is 6.15. The van der Waals surface area contributed by atoms with E-state index in [1.54, 1.807) is 0 Å². The molecule has 1 nitrogen and oxygen atoms in total. The molecule has 1 aliphatic carbocycles. The molecule has 118 valence electrons. The van der Waals surface area contributed by atoms with Crippen LogP contribution in [0.25, 0.3) is 21.9 Å². The molecule has 1 unspecified atom stereocenters. The quantitative estimate of drug-likeness (QED) is 0.349. The Morgan fingerprint density at radius 1 is 0.760 bits per heavy atom. The molecule has 25 heavy (non-hydrogen) atoms. The standard InChI is InChI=1S/C23H15OP/c1-2-9-17(10-3-1)25(18-11-4-5-12-18)22-16-8-14-20-19-13-6-7-15-21(19)24-23(20)22/h1-11,13-16H. The Morgan fingerprint density at radius 3 is 2.40 bits per heavy atom. The highest BCUT2D eigenvalue weighted by Crippen LogP contribution is 2.46. The highest BCUT2D eigenvalue weighted by atomic mass is 31.1. The molecule has 1 atom stereocenters. The minimum Gasteiger partial charge on any atom is -0.455 e. The number of hydrogen-bond acceptors (Lipinski definition) is 1. The van der Waals surface area contributed by atoms with E-state index in [0.717, 1.165) is 11.2 Å². The summed E-state index contributed by atoms with van der Waals surface area (Å²) in [6.45, 7) is 0. The van der Waals surface area contributed by atoms with Gasteiger partial charge < -0.3 is 4.42 Å². The van der Waals surface area contributed by atoms with Crippen LogP contribution < -0.4 is 10.6 Å². The lowest BCUT2D eigenvalue weighted by atomic mass is 10.1. The zero-order valence-electron chi connectivity index (χ0n) is 13.5. The van der Waals surface area contributed by atoms with Crippen LogP contribution in [-0.4, -0.2) is 0 Å². The first kappa shape index (κ1) is 14.5. The van der Waals surface area contributed by atoms with Gasteiger partial charge in [0.25, 0.3) is 0 Å². The molecule has 0 fully saturated rings. The number of furan rings is 1. The molecule has 1 aliphatic rings. The van der Waals surface area contributed by atoms with E-state index in [1.807, 2.05) is 18.2 Å². The van der Waals surface area contributed by atoms with Crippen molar-refractivity contribution in [2.24, 2.45) is 0 Å². The first-order chi connectivity index (χ1) is 12.4. The minimum absolute atomic E-state index is 0.695. The van der Waals surface area contributed by atoms with Crippen molar-refractivity contribution in [3.63, 3.8) is 0 Å². The van der Waals surface area contributed by atoms with Crippen LogP contribution >= 0.6 is 7.92 Å². The number of fused-ring (bicyclic) bond motifs is 3. The summed E-state index contributed by atoms with van der Waals surface area (Å²) in [6, 6.07) is 25.4. The zero-order valence-corrected chi connectivity index (χ0v) is 14.4. The highest BCUT2D eigenvalue weighted by molar-refractivity contribution is 7.77. The molecule has 4 aromatic rings. The van der Waals surface area contributed by atoms with Crippen LogP contribution in [0.2, 0.25) is 0 Å². The molecule has 1 aromatic heterocycles. The molecule has 0 radical (unpaired) electrons. The molecular weight excluding hydrogens is 323 g/mol. The van der Waals surface area contributed by atoms with Crippen molar-refractivity contribution in [3.8, 4) is 0 Å². The van der Waals surface area contributed by atoms with Crippen LogP contribution in [0, 0.1) is 0 Å². The average Bonchev–Trinajstić information content (AvgIpc) is 3.31. The van der Waals surface area contributed by atoms with Crippen LogP contribution in [0.5, 0.6) is 0 Å². The molecule has 0 N–H and O–H groups in total. The summed E-state index contributed by atoms with van der Waals surface area (Å²) < 4.78 is 6.29. The van der Waals surface area contributed by atoms with Gasteiger partial charge in [0.15, 0.2) is 0 Å². The molecule has 2 heteroatoms.